The molecule has 47 heavy (non-hydrogen) atoms. The monoisotopic (exact) mass is 681 g/mol. The van der Waals surface area contributed by atoms with Gasteiger partial charge in [0.2, 0.25) is 5.91 Å². The largest absolute Gasteiger partial charge is 0.494 e. The van der Waals surface area contributed by atoms with Crippen molar-refractivity contribution in [1.29, 1.82) is 0 Å². The first-order chi connectivity index (χ1) is 22.4. The average Bonchev–Trinajstić information content (AvgIpc) is 3.04. The van der Waals surface area contributed by atoms with Gasteiger partial charge >= 0.3 is 5.97 Å². The van der Waals surface area contributed by atoms with E-state index in [1.807, 2.05) is 24.3 Å². The van der Waals surface area contributed by atoms with Crippen molar-refractivity contribution in [1.82, 2.24) is 5.32 Å². The molecule has 0 unspecified atom stereocenters. The molecule has 1 aromatic rings. The Morgan fingerprint density at radius 3 is 2.04 bits per heavy atom. The molecule has 0 radical (unpaired) electrons. The summed E-state index contributed by atoms with van der Waals surface area (Å²) < 4.78 is 35.2. The van der Waals surface area contributed by atoms with Gasteiger partial charge in [0.1, 0.15) is 15.6 Å². The Morgan fingerprint density at radius 1 is 0.894 bits per heavy atom. The maximum absolute atomic E-state index is 13.5. The summed E-state index contributed by atoms with van der Waals surface area (Å²) in [5, 5.41) is 23.7. The van der Waals surface area contributed by atoms with Gasteiger partial charge in [-0.2, -0.15) is 0 Å². The highest BCUT2D eigenvalue weighted by Gasteiger charge is 2.47. The minimum atomic E-state index is -3.05. The number of carboxylic acid groups (broad SMARTS) is 1. The topological polar surface area (TPSA) is 156 Å². The van der Waals surface area contributed by atoms with Crippen molar-refractivity contribution in [3.05, 3.63) is 42.0 Å². The van der Waals surface area contributed by atoms with Gasteiger partial charge in [0.25, 0.3) is 0 Å². The fourth-order valence-electron chi connectivity index (χ4n) is 5.21. The summed E-state index contributed by atoms with van der Waals surface area (Å²) in [6.45, 7) is 5.86. The van der Waals surface area contributed by atoms with Crippen LogP contribution in [0.1, 0.15) is 110 Å². The van der Waals surface area contributed by atoms with Gasteiger partial charge in [-0.05, 0) is 56.2 Å². The van der Waals surface area contributed by atoms with E-state index in [9.17, 15) is 33.0 Å². The Bertz CT molecular complexity index is 1180. The minimum Gasteiger partial charge on any atom is -0.494 e. The average molecular weight is 682 g/mol. The summed E-state index contributed by atoms with van der Waals surface area (Å²) in [5.41, 5.74) is -1.77. The lowest BCUT2D eigenvalue weighted by molar-refractivity contribution is -0.173. The van der Waals surface area contributed by atoms with Gasteiger partial charge in [-0.15, -0.1) is 0 Å². The molecule has 0 aliphatic carbocycles. The van der Waals surface area contributed by atoms with Crippen LogP contribution in [0.3, 0.4) is 0 Å². The quantitative estimate of drug-likeness (QED) is 0.0730. The van der Waals surface area contributed by atoms with Crippen molar-refractivity contribution in [2.24, 2.45) is 5.92 Å². The Morgan fingerprint density at radius 2 is 1.49 bits per heavy atom. The SMILES string of the molecule is CCCCCCCS(=O)(=O)CCCCCC/C=C/[C@H](C(=O)N[C@@H](Cc1ccc(OCCCC)cc1)C(=O)CC)[C@@](O)(COC)C(=O)O. The number of allylic oxidation sites excluding steroid dienone is 1. The number of carboxylic acids is 1. The van der Waals surface area contributed by atoms with Crippen molar-refractivity contribution in [3.8, 4) is 5.75 Å². The number of ether oxygens (including phenoxy) is 2. The molecule has 0 bridgehead atoms. The predicted molar refractivity (Wildman–Crippen MR) is 185 cm³/mol. The molecule has 268 valence electrons. The molecule has 1 aromatic carbocycles. The second-order valence-electron chi connectivity index (χ2n) is 12.3. The number of ketones is 1. The van der Waals surface area contributed by atoms with Crippen LogP contribution < -0.4 is 10.1 Å². The molecular formula is C36H59NO9S. The maximum atomic E-state index is 13.5. The van der Waals surface area contributed by atoms with Crippen LogP contribution in [0.25, 0.3) is 0 Å². The van der Waals surface area contributed by atoms with E-state index in [0.717, 1.165) is 56.9 Å². The fraction of sp³-hybridized carbons (Fsp3) is 0.694. The van der Waals surface area contributed by atoms with Gasteiger partial charge in [-0.1, -0.05) is 90.0 Å². The van der Waals surface area contributed by atoms with Gasteiger partial charge in [0, 0.05) is 13.5 Å². The van der Waals surface area contributed by atoms with E-state index in [1.165, 1.54) is 13.2 Å². The van der Waals surface area contributed by atoms with E-state index in [1.54, 1.807) is 13.0 Å². The number of hydrogen-bond acceptors (Lipinski definition) is 8. The number of carbonyl (C=O) groups excluding carboxylic acids is 2. The van der Waals surface area contributed by atoms with E-state index < -0.39 is 45.9 Å². The van der Waals surface area contributed by atoms with Crippen LogP contribution in [-0.4, -0.2) is 79.8 Å². The first-order valence-electron chi connectivity index (χ1n) is 17.3. The molecule has 1 rings (SSSR count). The molecule has 0 aliphatic rings. The molecule has 1 amide bonds. The maximum Gasteiger partial charge on any atom is 0.339 e. The molecule has 0 saturated heterocycles. The van der Waals surface area contributed by atoms with E-state index in [-0.39, 0.29) is 30.1 Å². The van der Waals surface area contributed by atoms with Crippen LogP contribution in [0.2, 0.25) is 0 Å². The van der Waals surface area contributed by atoms with Crippen molar-refractivity contribution in [3.63, 3.8) is 0 Å². The molecule has 0 fully saturated rings. The summed E-state index contributed by atoms with van der Waals surface area (Å²) in [6, 6.07) is 6.33. The third kappa shape index (κ3) is 16.8. The molecule has 11 heteroatoms. The first kappa shape index (κ1) is 42.3. The molecule has 0 spiro atoms. The standard InChI is InChI=1S/C36H59NO9S/c1-5-8-10-14-17-25-47(43,44)26-18-15-12-11-13-16-19-31(36(42,28-45-4)35(40)41)34(39)37-32(33(38)7-3)27-29-20-22-30(23-21-29)46-24-9-6-2/h16,19-23,31-32,42H,5-15,17-18,24-28H2,1-4H3,(H,37,39)(H,40,41)/b19-16+/t31-,32+,36+/m1/s1. The predicted octanol–water partition coefficient (Wildman–Crippen LogP) is 5.84. The summed E-state index contributed by atoms with van der Waals surface area (Å²) in [7, 11) is -1.81. The second kappa shape index (κ2) is 23.5. The number of hydrogen-bond donors (Lipinski definition) is 3. The third-order valence-corrected chi connectivity index (χ3v) is 10.0. The van der Waals surface area contributed by atoms with Crippen LogP contribution in [-0.2, 0) is 35.4 Å². The Kier molecular flexibility index (Phi) is 21.2. The van der Waals surface area contributed by atoms with Crippen molar-refractivity contribution < 1.29 is 42.5 Å². The number of sulfone groups is 1. The van der Waals surface area contributed by atoms with Gasteiger partial charge in [0.15, 0.2) is 11.4 Å². The normalized spacial score (nSPS) is 14.4. The minimum absolute atomic E-state index is 0.158. The number of amides is 1. The zero-order valence-electron chi connectivity index (χ0n) is 29.0. The second-order valence-corrected chi connectivity index (χ2v) is 14.6. The smallest absolute Gasteiger partial charge is 0.339 e. The number of benzene rings is 1. The molecule has 0 aromatic heterocycles. The Hall–Kier alpha value is -2.76. The zero-order valence-corrected chi connectivity index (χ0v) is 29.8. The van der Waals surface area contributed by atoms with E-state index in [4.69, 9.17) is 9.47 Å². The lowest BCUT2D eigenvalue weighted by Crippen LogP contribution is -2.56. The molecule has 0 saturated carbocycles. The molecule has 3 N–H and O–H groups in total. The summed E-state index contributed by atoms with van der Waals surface area (Å²) in [5.74, 6) is -3.04. The highest BCUT2D eigenvalue weighted by atomic mass is 32.2. The van der Waals surface area contributed by atoms with Crippen LogP contribution >= 0.6 is 0 Å². The van der Waals surface area contributed by atoms with Gasteiger partial charge in [-0.25, -0.2) is 13.2 Å². The molecule has 3 atom stereocenters. The fourth-order valence-corrected chi connectivity index (χ4v) is 6.70. The van der Waals surface area contributed by atoms with E-state index >= 15 is 0 Å². The summed E-state index contributed by atoms with van der Waals surface area (Å²) in [6.07, 6.45) is 13.6. The van der Waals surface area contributed by atoms with Crippen molar-refractivity contribution >= 4 is 27.5 Å². The third-order valence-electron chi connectivity index (χ3n) is 8.18. The van der Waals surface area contributed by atoms with Crippen LogP contribution in [0.4, 0.5) is 0 Å². The number of rotatable bonds is 28. The first-order valence-corrected chi connectivity index (χ1v) is 19.1. The number of carbonyl (C=O) groups is 3. The number of methoxy groups -OCH3 is 1. The molecular weight excluding hydrogens is 622 g/mol. The Labute approximate surface area is 282 Å². The number of aliphatic carboxylic acids is 1. The Balaban J connectivity index is 2.84. The summed E-state index contributed by atoms with van der Waals surface area (Å²) in [4.78, 5) is 38.6. The van der Waals surface area contributed by atoms with Crippen LogP contribution in [0.5, 0.6) is 5.75 Å². The van der Waals surface area contributed by atoms with E-state index in [2.05, 4.69) is 19.2 Å². The molecule has 0 heterocycles. The lowest BCUT2D eigenvalue weighted by atomic mass is 9.85. The van der Waals surface area contributed by atoms with Gasteiger partial charge < -0.3 is 25.0 Å². The lowest BCUT2D eigenvalue weighted by Gasteiger charge is -2.30. The number of aliphatic hydroxyl groups is 1. The van der Waals surface area contributed by atoms with Crippen molar-refractivity contribution in [2.45, 2.75) is 122 Å². The highest BCUT2D eigenvalue weighted by Crippen LogP contribution is 2.23. The van der Waals surface area contributed by atoms with Gasteiger partial charge in [-0.3, -0.25) is 9.59 Å². The van der Waals surface area contributed by atoms with Crippen LogP contribution in [0, 0.1) is 5.92 Å². The zero-order chi connectivity index (χ0) is 35.1. The number of nitrogens with one attached hydrogen (secondary N) is 1. The summed E-state index contributed by atoms with van der Waals surface area (Å²) >= 11 is 0. The van der Waals surface area contributed by atoms with Crippen LogP contribution in [0.15, 0.2) is 36.4 Å². The number of unbranched alkanes of at least 4 members (excludes halogenated alkanes) is 9. The highest BCUT2D eigenvalue weighted by molar-refractivity contribution is 7.91. The van der Waals surface area contributed by atoms with E-state index in [0.29, 0.717) is 38.0 Å². The molecule has 10 nitrogen and oxygen atoms in total. The van der Waals surface area contributed by atoms with Crippen molar-refractivity contribution in [2.75, 3.05) is 31.8 Å². The number of Topliss-reactive ketones (excluding diaryl/α,β-unsaturated/α-hetero) is 1. The van der Waals surface area contributed by atoms with Gasteiger partial charge in [0.05, 0.1) is 36.7 Å². The molecule has 0 aliphatic heterocycles.